The van der Waals surface area contributed by atoms with E-state index in [1.807, 2.05) is 12.1 Å². The van der Waals surface area contributed by atoms with Gasteiger partial charge in [0.25, 0.3) is 0 Å². The highest BCUT2D eigenvalue weighted by Gasteiger charge is 2.22. The Balaban J connectivity index is 1.82. The molecule has 4 heteroatoms. The molecule has 0 saturated heterocycles. The minimum atomic E-state index is -0.157. The summed E-state index contributed by atoms with van der Waals surface area (Å²) in [5.41, 5.74) is 1.07. The summed E-state index contributed by atoms with van der Waals surface area (Å²) in [5.74, 6) is 1.03. The molecule has 2 atom stereocenters. The first-order valence-corrected chi connectivity index (χ1v) is 6.95. The SMILES string of the molecule is COc1cc(CNCC2CCCCC2O)ccc1O. The Morgan fingerprint density at radius 3 is 2.84 bits per heavy atom. The van der Waals surface area contributed by atoms with E-state index in [4.69, 9.17) is 4.74 Å². The number of nitrogens with one attached hydrogen (secondary N) is 1. The van der Waals surface area contributed by atoms with Gasteiger partial charge in [0.1, 0.15) is 0 Å². The van der Waals surface area contributed by atoms with Gasteiger partial charge >= 0.3 is 0 Å². The maximum atomic E-state index is 9.89. The number of aliphatic hydroxyl groups excluding tert-OH is 1. The average molecular weight is 265 g/mol. The largest absolute Gasteiger partial charge is 0.504 e. The second-order valence-corrected chi connectivity index (χ2v) is 5.25. The third-order valence-electron chi connectivity index (χ3n) is 3.85. The first-order valence-electron chi connectivity index (χ1n) is 6.95. The molecule has 0 spiro atoms. The van der Waals surface area contributed by atoms with Gasteiger partial charge in [0, 0.05) is 13.1 Å². The van der Waals surface area contributed by atoms with Crippen LogP contribution >= 0.6 is 0 Å². The fraction of sp³-hybridized carbons (Fsp3) is 0.600. The van der Waals surface area contributed by atoms with Crippen molar-refractivity contribution >= 4 is 0 Å². The molecular formula is C15H23NO3. The monoisotopic (exact) mass is 265 g/mol. The molecule has 1 saturated carbocycles. The lowest BCUT2D eigenvalue weighted by Gasteiger charge is -2.27. The summed E-state index contributed by atoms with van der Waals surface area (Å²) < 4.78 is 5.08. The Morgan fingerprint density at radius 2 is 2.11 bits per heavy atom. The van der Waals surface area contributed by atoms with Crippen molar-refractivity contribution in [1.82, 2.24) is 5.32 Å². The summed E-state index contributed by atoms with van der Waals surface area (Å²) >= 11 is 0. The quantitative estimate of drug-likeness (QED) is 0.762. The predicted octanol–water partition coefficient (Wildman–Crippen LogP) is 2.04. The second-order valence-electron chi connectivity index (χ2n) is 5.25. The molecule has 0 heterocycles. The summed E-state index contributed by atoms with van der Waals surface area (Å²) in [4.78, 5) is 0. The molecule has 1 aromatic carbocycles. The van der Waals surface area contributed by atoms with Gasteiger partial charge in [0.15, 0.2) is 11.5 Å². The molecule has 0 amide bonds. The lowest BCUT2D eigenvalue weighted by Crippen LogP contribution is -2.33. The van der Waals surface area contributed by atoms with Crippen molar-refractivity contribution in [2.45, 2.75) is 38.3 Å². The lowest BCUT2D eigenvalue weighted by molar-refractivity contribution is 0.0695. The van der Waals surface area contributed by atoms with Crippen molar-refractivity contribution in [3.63, 3.8) is 0 Å². The van der Waals surface area contributed by atoms with E-state index in [9.17, 15) is 10.2 Å². The summed E-state index contributed by atoms with van der Waals surface area (Å²) in [5, 5.41) is 22.8. The Kier molecular flexibility index (Phi) is 5.05. The third kappa shape index (κ3) is 3.85. The Bertz CT molecular complexity index is 408. The molecule has 0 bridgehead atoms. The summed E-state index contributed by atoms with van der Waals surface area (Å²) in [6, 6.07) is 5.35. The van der Waals surface area contributed by atoms with Crippen molar-refractivity contribution in [3.8, 4) is 11.5 Å². The van der Waals surface area contributed by atoms with Gasteiger partial charge in [-0.1, -0.05) is 18.9 Å². The smallest absolute Gasteiger partial charge is 0.160 e. The number of rotatable bonds is 5. The molecule has 4 nitrogen and oxygen atoms in total. The molecule has 106 valence electrons. The second kappa shape index (κ2) is 6.78. The van der Waals surface area contributed by atoms with Crippen molar-refractivity contribution < 1.29 is 14.9 Å². The van der Waals surface area contributed by atoms with Gasteiger partial charge in [-0.15, -0.1) is 0 Å². The molecule has 1 aliphatic rings. The molecule has 0 radical (unpaired) electrons. The maximum absolute atomic E-state index is 9.89. The molecule has 0 aromatic heterocycles. The summed E-state index contributed by atoms with van der Waals surface area (Å²) in [7, 11) is 1.55. The third-order valence-corrected chi connectivity index (χ3v) is 3.85. The zero-order valence-corrected chi connectivity index (χ0v) is 11.4. The molecular weight excluding hydrogens is 242 g/mol. The number of aromatic hydroxyl groups is 1. The van der Waals surface area contributed by atoms with Gasteiger partial charge in [0.05, 0.1) is 13.2 Å². The molecule has 2 unspecified atom stereocenters. The van der Waals surface area contributed by atoms with Crippen LogP contribution in [0.4, 0.5) is 0 Å². The predicted molar refractivity (Wildman–Crippen MR) is 74.3 cm³/mol. The minimum absolute atomic E-state index is 0.157. The molecule has 3 N–H and O–H groups in total. The minimum Gasteiger partial charge on any atom is -0.504 e. The molecule has 19 heavy (non-hydrogen) atoms. The topological polar surface area (TPSA) is 61.7 Å². The molecule has 1 aromatic rings. The van der Waals surface area contributed by atoms with E-state index in [1.165, 1.54) is 6.42 Å². The highest BCUT2D eigenvalue weighted by Crippen LogP contribution is 2.26. The fourth-order valence-corrected chi connectivity index (χ4v) is 2.66. The van der Waals surface area contributed by atoms with E-state index < -0.39 is 0 Å². The van der Waals surface area contributed by atoms with Crippen molar-refractivity contribution in [2.24, 2.45) is 5.92 Å². The van der Waals surface area contributed by atoms with Crippen LogP contribution in [0.2, 0.25) is 0 Å². The zero-order valence-electron chi connectivity index (χ0n) is 11.4. The van der Waals surface area contributed by atoms with Crippen LogP contribution in [0.1, 0.15) is 31.2 Å². The van der Waals surface area contributed by atoms with Crippen molar-refractivity contribution in [2.75, 3.05) is 13.7 Å². The highest BCUT2D eigenvalue weighted by atomic mass is 16.5. The Hall–Kier alpha value is -1.26. The normalized spacial score (nSPS) is 23.3. The number of phenols is 1. The average Bonchev–Trinajstić information content (AvgIpc) is 2.43. The van der Waals surface area contributed by atoms with Crippen LogP contribution in [0.25, 0.3) is 0 Å². The summed E-state index contributed by atoms with van der Waals surface area (Å²) in [6.07, 6.45) is 4.24. The molecule has 2 rings (SSSR count). The highest BCUT2D eigenvalue weighted by molar-refractivity contribution is 5.41. The van der Waals surface area contributed by atoms with Crippen LogP contribution in [0, 0.1) is 5.92 Å². The molecule has 0 aliphatic heterocycles. The van der Waals surface area contributed by atoms with E-state index in [-0.39, 0.29) is 11.9 Å². The van der Waals surface area contributed by atoms with E-state index in [0.717, 1.165) is 37.9 Å². The van der Waals surface area contributed by atoms with Crippen molar-refractivity contribution in [1.29, 1.82) is 0 Å². The van der Waals surface area contributed by atoms with E-state index in [1.54, 1.807) is 13.2 Å². The number of aliphatic hydroxyl groups is 1. The maximum Gasteiger partial charge on any atom is 0.160 e. The van der Waals surface area contributed by atoms with Crippen LogP contribution in [-0.2, 0) is 6.54 Å². The van der Waals surface area contributed by atoms with Gasteiger partial charge < -0.3 is 20.3 Å². The Morgan fingerprint density at radius 1 is 1.32 bits per heavy atom. The van der Waals surface area contributed by atoms with Gasteiger partial charge in [-0.25, -0.2) is 0 Å². The van der Waals surface area contributed by atoms with Gasteiger partial charge in [0.2, 0.25) is 0 Å². The van der Waals surface area contributed by atoms with Crippen LogP contribution in [0.5, 0.6) is 11.5 Å². The molecule has 1 aliphatic carbocycles. The lowest BCUT2D eigenvalue weighted by atomic mass is 9.86. The van der Waals surface area contributed by atoms with Crippen LogP contribution in [0.15, 0.2) is 18.2 Å². The van der Waals surface area contributed by atoms with Gasteiger partial charge in [-0.2, -0.15) is 0 Å². The van der Waals surface area contributed by atoms with E-state index in [0.29, 0.717) is 11.7 Å². The Labute approximate surface area is 114 Å². The number of hydrogen-bond donors (Lipinski definition) is 3. The standard InChI is InChI=1S/C15H23NO3/c1-19-15-8-11(6-7-14(15)18)9-16-10-12-4-2-3-5-13(12)17/h6-8,12-13,16-18H,2-5,9-10H2,1H3. The number of ether oxygens (including phenoxy) is 1. The number of hydrogen-bond acceptors (Lipinski definition) is 4. The first kappa shape index (κ1) is 14.2. The van der Waals surface area contributed by atoms with Gasteiger partial charge in [-0.05, 0) is 36.5 Å². The van der Waals surface area contributed by atoms with E-state index in [2.05, 4.69) is 5.32 Å². The number of phenolic OH excluding ortho intramolecular Hbond substituents is 1. The van der Waals surface area contributed by atoms with E-state index >= 15 is 0 Å². The fourth-order valence-electron chi connectivity index (χ4n) is 2.66. The molecule has 1 fully saturated rings. The summed E-state index contributed by atoms with van der Waals surface area (Å²) in [6.45, 7) is 1.56. The van der Waals surface area contributed by atoms with Crippen molar-refractivity contribution in [3.05, 3.63) is 23.8 Å². The van der Waals surface area contributed by atoms with Crippen LogP contribution in [-0.4, -0.2) is 30.0 Å². The van der Waals surface area contributed by atoms with Crippen LogP contribution < -0.4 is 10.1 Å². The first-order chi connectivity index (χ1) is 9.20. The van der Waals surface area contributed by atoms with Crippen LogP contribution in [0.3, 0.4) is 0 Å². The number of benzene rings is 1. The number of methoxy groups -OCH3 is 1. The zero-order chi connectivity index (χ0) is 13.7. The van der Waals surface area contributed by atoms with Gasteiger partial charge in [-0.3, -0.25) is 0 Å².